The molecule has 0 spiro atoms. The fourth-order valence-electron chi connectivity index (χ4n) is 1.14. The second kappa shape index (κ2) is 8.44. The lowest BCUT2D eigenvalue weighted by Gasteiger charge is -2.25. The minimum absolute atomic E-state index is 0.0958. The molecule has 0 unspecified atom stereocenters. The topological polar surface area (TPSA) is 58.7 Å². The van der Waals surface area contributed by atoms with Crippen molar-refractivity contribution in [3.05, 3.63) is 0 Å². The van der Waals surface area contributed by atoms with Crippen LogP contribution in [0.1, 0.15) is 13.8 Å². The number of rotatable bonds is 8. The summed E-state index contributed by atoms with van der Waals surface area (Å²) in [5.74, 6) is 0. The minimum Gasteiger partial charge on any atom is -0.394 e. The monoisotopic (exact) mass is 190 g/mol. The zero-order valence-corrected chi connectivity index (χ0v) is 8.70. The molecule has 0 heterocycles. The van der Waals surface area contributed by atoms with Crippen LogP contribution < -0.4 is 5.73 Å². The van der Waals surface area contributed by atoms with Crippen molar-refractivity contribution in [2.24, 2.45) is 5.73 Å². The van der Waals surface area contributed by atoms with Gasteiger partial charge in [0.25, 0.3) is 0 Å². The van der Waals surface area contributed by atoms with Crippen LogP contribution in [0.4, 0.5) is 0 Å². The van der Waals surface area contributed by atoms with E-state index in [2.05, 4.69) is 18.7 Å². The normalized spacial score (nSPS) is 11.5. The summed E-state index contributed by atoms with van der Waals surface area (Å²) in [4.78, 5) is 2.26. The Labute approximate surface area is 80.7 Å². The van der Waals surface area contributed by atoms with Gasteiger partial charge in [0.15, 0.2) is 0 Å². The summed E-state index contributed by atoms with van der Waals surface area (Å²) >= 11 is 0. The Hall–Kier alpha value is -0.160. The number of aliphatic hydroxyl groups is 1. The number of nitrogens with two attached hydrogens (primary N) is 1. The fourth-order valence-corrected chi connectivity index (χ4v) is 1.14. The molecule has 0 aromatic heterocycles. The lowest BCUT2D eigenvalue weighted by molar-refractivity contribution is 0.0677. The number of hydrogen-bond acceptors (Lipinski definition) is 4. The van der Waals surface area contributed by atoms with Gasteiger partial charge in [0.2, 0.25) is 0 Å². The molecule has 0 aliphatic heterocycles. The van der Waals surface area contributed by atoms with Gasteiger partial charge in [-0.1, -0.05) is 0 Å². The van der Waals surface area contributed by atoms with Crippen LogP contribution in [0.5, 0.6) is 0 Å². The molecule has 13 heavy (non-hydrogen) atoms. The van der Waals surface area contributed by atoms with Crippen molar-refractivity contribution < 1.29 is 9.84 Å². The van der Waals surface area contributed by atoms with E-state index in [0.29, 0.717) is 25.8 Å². The van der Waals surface area contributed by atoms with E-state index in [4.69, 9.17) is 15.6 Å². The molecule has 0 radical (unpaired) electrons. The standard InChI is InChI=1S/C9H22N2O2/c1-9(2)11(4-3-10)5-7-13-8-6-12/h9,12H,3-8,10H2,1-2H3. The second-order valence-corrected chi connectivity index (χ2v) is 3.25. The first-order valence-corrected chi connectivity index (χ1v) is 4.85. The van der Waals surface area contributed by atoms with Crippen LogP contribution in [0, 0.1) is 0 Å². The van der Waals surface area contributed by atoms with Gasteiger partial charge < -0.3 is 15.6 Å². The Morgan fingerprint density at radius 1 is 1.31 bits per heavy atom. The zero-order chi connectivity index (χ0) is 10.1. The summed E-state index contributed by atoms with van der Waals surface area (Å²) in [5, 5.41) is 8.49. The summed E-state index contributed by atoms with van der Waals surface area (Å²) in [6.07, 6.45) is 0. The average molecular weight is 190 g/mol. The van der Waals surface area contributed by atoms with Crippen molar-refractivity contribution in [1.82, 2.24) is 4.90 Å². The Balaban J connectivity index is 3.45. The fraction of sp³-hybridized carbons (Fsp3) is 1.00. The smallest absolute Gasteiger partial charge is 0.0698 e. The van der Waals surface area contributed by atoms with Gasteiger partial charge in [-0.2, -0.15) is 0 Å². The molecule has 4 nitrogen and oxygen atoms in total. The van der Waals surface area contributed by atoms with E-state index in [1.54, 1.807) is 0 Å². The largest absolute Gasteiger partial charge is 0.394 e. The molecule has 4 heteroatoms. The van der Waals surface area contributed by atoms with Gasteiger partial charge in [-0.3, -0.25) is 4.90 Å². The molecule has 0 aliphatic rings. The summed E-state index contributed by atoms with van der Waals surface area (Å²) in [6.45, 7) is 7.93. The van der Waals surface area contributed by atoms with Gasteiger partial charge in [0.1, 0.15) is 0 Å². The number of hydrogen-bond donors (Lipinski definition) is 2. The quantitative estimate of drug-likeness (QED) is 0.514. The molecule has 0 saturated heterocycles. The molecular weight excluding hydrogens is 168 g/mol. The molecular formula is C9H22N2O2. The van der Waals surface area contributed by atoms with E-state index in [1.807, 2.05) is 0 Å². The first kappa shape index (κ1) is 12.8. The van der Waals surface area contributed by atoms with Crippen molar-refractivity contribution in [2.45, 2.75) is 19.9 Å². The highest BCUT2D eigenvalue weighted by atomic mass is 16.5. The molecule has 0 fully saturated rings. The minimum atomic E-state index is 0.0958. The Bertz CT molecular complexity index is 110. The predicted octanol–water partition coefficient (Wildman–Crippen LogP) is -0.336. The first-order chi connectivity index (χ1) is 6.22. The van der Waals surface area contributed by atoms with E-state index in [1.165, 1.54) is 0 Å². The third-order valence-electron chi connectivity index (χ3n) is 1.91. The van der Waals surface area contributed by atoms with E-state index >= 15 is 0 Å². The maximum atomic E-state index is 8.49. The number of aliphatic hydroxyl groups excluding tert-OH is 1. The van der Waals surface area contributed by atoms with E-state index in [9.17, 15) is 0 Å². The molecule has 0 saturated carbocycles. The predicted molar refractivity (Wildman–Crippen MR) is 53.7 cm³/mol. The van der Waals surface area contributed by atoms with Crippen LogP contribution in [0.2, 0.25) is 0 Å². The first-order valence-electron chi connectivity index (χ1n) is 4.85. The van der Waals surface area contributed by atoms with Gasteiger partial charge in [-0.25, -0.2) is 0 Å². The second-order valence-electron chi connectivity index (χ2n) is 3.25. The van der Waals surface area contributed by atoms with Crippen LogP contribution in [-0.4, -0.2) is 55.5 Å². The Morgan fingerprint density at radius 3 is 2.46 bits per heavy atom. The van der Waals surface area contributed by atoms with Crippen molar-refractivity contribution in [1.29, 1.82) is 0 Å². The third-order valence-corrected chi connectivity index (χ3v) is 1.91. The lowest BCUT2D eigenvalue weighted by atomic mass is 10.3. The summed E-state index contributed by atoms with van der Waals surface area (Å²) in [6, 6.07) is 0.501. The molecule has 0 bridgehead atoms. The average Bonchev–Trinajstić information content (AvgIpc) is 2.10. The summed E-state index contributed by atoms with van der Waals surface area (Å²) in [7, 11) is 0. The molecule has 80 valence electrons. The molecule has 0 rings (SSSR count). The molecule has 0 aliphatic carbocycles. The van der Waals surface area contributed by atoms with Gasteiger partial charge in [-0.15, -0.1) is 0 Å². The molecule has 0 aromatic carbocycles. The Morgan fingerprint density at radius 2 is 2.00 bits per heavy atom. The maximum absolute atomic E-state index is 8.49. The van der Waals surface area contributed by atoms with E-state index in [0.717, 1.165) is 13.1 Å². The molecule has 0 atom stereocenters. The van der Waals surface area contributed by atoms with Crippen molar-refractivity contribution in [2.75, 3.05) is 39.5 Å². The van der Waals surface area contributed by atoms with Crippen molar-refractivity contribution in [3.8, 4) is 0 Å². The van der Waals surface area contributed by atoms with Crippen LogP contribution >= 0.6 is 0 Å². The van der Waals surface area contributed by atoms with Crippen molar-refractivity contribution >= 4 is 0 Å². The van der Waals surface area contributed by atoms with E-state index in [-0.39, 0.29) is 6.61 Å². The van der Waals surface area contributed by atoms with Gasteiger partial charge >= 0.3 is 0 Å². The van der Waals surface area contributed by atoms with Crippen molar-refractivity contribution in [3.63, 3.8) is 0 Å². The zero-order valence-electron chi connectivity index (χ0n) is 8.70. The number of ether oxygens (including phenoxy) is 1. The maximum Gasteiger partial charge on any atom is 0.0698 e. The molecule has 0 aromatic rings. The summed E-state index contributed by atoms with van der Waals surface area (Å²) < 4.78 is 5.18. The molecule has 3 N–H and O–H groups in total. The van der Waals surface area contributed by atoms with Gasteiger partial charge in [0.05, 0.1) is 19.8 Å². The highest BCUT2D eigenvalue weighted by Gasteiger charge is 2.06. The highest BCUT2D eigenvalue weighted by molar-refractivity contribution is 4.62. The summed E-state index contributed by atoms with van der Waals surface area (Å²) in [5.41, 5.74) is 5.48. The van der Waals surface area contributed by atoms with Gasteiger partial charge in [0, 0.05) is 25.7 Å². The van der Waals surface area contributed by atoms with Crippen LogP contribution in [-0.2, 0) is 4.74 Å². The Kier molecular flexibility index (Phi) is 8.33. The van der Waals surface area contributed by atoms with Crippen LogP contribution in [0.25, 0.3) is 0 Å². The lowest BCUT2D eigenvalue weighted by Crippen LogP contribution is -2.37. The number of nitrogens with zero attached hydrogens (tertiary/aromatic N) is 1. The highest BCUT2D eigenvalue weighted by Crippen LogP contribution is 1.96. The SMILES string of the molecule is CC(C)N(CCN)CCOCCO. The third kappa shape index (κ3) is 6.95. The molecule has 0 amide bonds. The van der Waals surface area contributed by atoms with Crippen LogP contribution in [0.15, 0.2) is 0 Å². The van der Waals surface area contributed by atoms with E-state index < -0.39 is 0 Å². The van der Waals surface area contributed by atoms with Crippen LogP contribution in [0.3, 0.4) is 0 Å². The van der Waals surface area contributed by atoms with Gasteiger partial charge in [-0.05, 0) is 13.8 Å².